The van der Waals surface area contributed by atoms with E-state index in [1.807, 2.05) is 36.4 Å². The van der Waals surface area contributed by atoms with Crippen LogP contribution in [-0.4, -0.2) is 0 Å². The van der Waals surface area contributed by atoms with Gasteiger partial charge in [0, 0.05) is 11.3 Å². The van der Waals surface area contributed by atoms with Crippen LogP contribution in [0.2, 0.25) is 0 Å². The minimum atomic E-state index is 0.746. The van der Waals surface area contributed by atoms with Gasteiger partial charge >= 0.3 is 0 Å². The molecule has 0 aliphatic rings. The molecule has 1 heteroatoms. The molecule has 0 amide bonds. The molecule has 0 spiro atoms. The molecule has 0 atom stereocenters. The number of nitrogens with two attached hydrogens (primary N) is 1. The van der Waals surface area contributed by atoms with Crippen LogP contribution >= 0.6 is 0 Å². The Hall–Kier alpha value is -1.94. The average Bonchev–Trinajstić information content (AvgIpc) is 2.17. The lowest BCUT2D eigenvalue weighted by Crippen LogP contribution is -1.85. The van der Waals surface area contributed by atoms with Crippen LogP contribution < -0.4 is 5.73 Å². The van der Waals surface area contributed by atoms with Crippen molar-refractivity contribution in [1.82, 2.24) is 0 Å². The van der Waals surface area contributed by atoms with Crippen molar-refractivity contribution in [3.63, 3.8) is 0 Å². The molecule has 1 nitrogen and oxygen atoms in total. The van der Waals surface area contributed by atoms with Crippen LogP contribution in [0.15, 0.2) is 36.4 Å². The van der Waals surface area contributed by atoms with Crippen molar-refractivity contribution < 1.29 is 0 Å². The molecule has 0 saturated heterocycles. The van der Waals surface area contributed by atoms with E-state index in [-0.39, 0.29) is 0 Å². The average molecular weight is 167 g/mol. The third-order valence-corrected chi connectivity index (χ3v) is 2.06. The van der Waals surface area contributed by atoms with Gasteiger partial charge < -0.3 is 5.73 Å². The van der Waals surface area contributed by atoms with E-state index in [0.29, 0.717) is 0 Å². The lowest BCUT2D eigenvalue weighted by molar-refractivity contribution is 1.69. The standard InChI is InChI=1S/C12H9N/c1-2-9-4-3-5-10-6-7-11(13)8-12(9)10/h1,3-8H,13H2. The lowest BCUT2D eigenvalue weighted by atomic mass is 10.0. The fraction of sp³-hybridized carbons (Fsp3) is 0. The number of hydrogen-bond acceptors (Lipinski definition) is 1. The summed E-state index contributed by atoms with van der Waals surface area (Å²) in [5, 5.41) is 2.18. The zero-order valence-electron chi connectivity index (χ0n) is 7.12. The summed E-state index contributed by atoms with van der Waals surface area (Å²) in [4.78, 5) is 0. The predicted molar refractivity (Wildman–Crippen MR) is 56.3 cm³/mol. The van der Waals surface area contributed by atoms with Gasteiger partial charge in [0.25, 0.3) is 0 Å². The van der Waals surface area contributed by atoms with Crippen LogP contribution in [-0.2, 0) is 0 Å². The van der Waals surface area contributed by atoms with Crippen LogP contribution in [0, 0.1) is 12.3 Å². The largest absolute Gasteiger partial charge is 0.399 e. The monoisotopic (exact) mass is 167 g/mol. The first-order valence-electron chi connectivity index (χ1n) is 4.06. The maximum Gasteiger partial charge on any atom is 0.0321 e. The molecule has 0 fully saturated rings. The topological polar surface area (TPSA) is 26.0 Å². The Kier molecular flexibility index (Phi) is 1.68. The Morgan fingerprint density at radius 1 is 1.15 bits per heavy atom. The first kappa shape index (κ1) is 7.70. The highest BCUT2D eigenvalue weighted by Gasteiger charge is 1.97. The maximum absolute atomic E-state index is 5.68. The van der Waals surface area contributed by atoms with Crippen molar-refractivity contribution in [2.45, 2.75) is 0 Å². The van der Waals surface area contributed by atoms with Crippen LogP contribution in [0.5, 0.6) is 0 Å². The molecule has 0 radical (unpaired) electrons. The molecule has 0 heterocycles. The second-order valence-corrected chi connectivity index (χ2v) is 2.93. The first-order chi connectivity index (χ1) is 6.31. The molecular formula is C12H9N. The fourth-order valence-electron chi connectivity index (χ4n) is 1.42. The number of rotatable bonds is 0. The van der Waals surface area contributed by atoms with E-state index < -0.39 is 0 Å². The van der Waals surface area contributed by atoms with E-state index in [1.54, 1.807) is 0 Å². The Labute approximate surface area is 77.2 Å². The summed E-state index contributed by atoms with van der Waals surface area (Å²) in [5.74, 6) is 2.64. The third kappa shape index (κ3) is 1.23. The smallest absolute Gasteiger partial charge is 0.0321 e. The second kappa shape index (κ2) is 2.84. The molecular weight excluding hydrogens is 158 g/mol. The predicted octanol–water partition coefficient (Wildman–Crippen LogP) is 2.40. The Morgan fingerprint density at radius 2 is 2.00 bits per heavy atom. The molecule has 0 saturated carbocycles. The molecule has 0 aromatic heterocycles. The van der Waals surface area contributed by atoms with Gasteiger partial charge in [-0.15, -0.1) is 6.42 Å². The van der Waals surface area contributed by atoms with E-state index in [4.69, 9.17) is 12.2 Å². The number of anilines is 1. The highest BCUT2D eigenvalue weighted by atomic mass is 14.5. The summed E-state index contributed by atoms with van der Waals surface area (Å²) in [7, 11) is 0. The minimum Gasteiger partial charge on any atom is -0.399 e. The van der Waals surface area contributed by atoms with Gasteiger partial charge in [-0.2, -0.15) is 0 Å². The quantitative estimate of drug-likeness (QED) is 0.473. The van der Waals surface area contributed by atoms with Crippen molar-refractivity contribution in [3.05, 3.63) is 42.0 Å². The fourth-order valence-corrected chi connectivity index (χ4v) is 1.42. The zero-order chi connectivity index (χ0) is 9.26. The van der Waals surface area contributed by atoms with Crippen molar-refractivity contribution in [2.75, 3.05) is 5.73 Å². The van der Waals surface area contributed by atoms with Gasteiger partial charge in [-0.05, 0) is 29.0 Å². The van der Waals surface area contributed by atoms with E-state index in [1.165, 1.54) is 0 Å². The maximum atomic E-state index is 5.68. The van der Waals surface area contributed by atoms with E-state index in [0.717, 1.165) is 22.0 Å². The molecule has 62 valence electrons. The number of hydrogen-bond donors (Lipinski definition) is 1. The second-order valence-electron chi connectivity index (χ2n) is 2.93. The number of terminal acetylenes is 1. The summed E-state index contributed by atoms with van der Waals surface area (Å²) in [5.41, 5.74) is 7.32. The molecule has 2 aromatic carbocycles. The van der Waals surface area contributed by atoms with Gasteiger partial charge in [0.1, 0.15) is 0 Å². The van der Waals surface area contributed by atoms with Gasteiger partial charge in [0.05, 0.1) is 0 Å². The van der Waals surface area contributed by atoms with E-state index in [9.17, 15) is 0 Å². The van der Waals surface area contributed by atoms with Crippen LogP contribution in [0.25, 0.3) is 10.8 Å². The van der Waals surface area contributed by atoms with Crippen molar-refractivity contribution in [3.8, 4) is 12.3 Å². The van der Waals surface area contributed by atoms with E-state index in [2.05, 4.69) is 5.92 Å². The Morgan fingerprint density at radius 3 is 2.77 bits per heavy atom. The molecule has 2 aromatic rings. The minimum absolute atomic E-state index is 0.746. The third-order valence-electron chi connectivity index (χ3n) is 2.06. The molecule has 0 aliphatic heterocycles. The van der Waals surface area contributed by atoms with E-state index >= 15 is 0 Å². The number of nitrogen functional groups attached to an aromatic ring is 1. The van der Waals surface area contributed by atoms with Gasteiger partial charge in [-0.1, -0.05) is 24.1 Å². The first-order valence-corrected chi connectivity index (χ1v) is 4.06. The van der Waals surface area contributed by atoms with Crippen molar-refractivity contribution in [1.29, 1.82) is 0 Å². The van der Waals surface area contributed by atoms with Crippen molar-refractivity contribution >= 4 is 16.5 Å². The summed E-state index contributed by atoms with van der Waals surface area (Å²) < 4.78 is 0. The molecule has 13 heavy (non-hydrogen) atoms. The van der Waals surface area contributed by atoms with Crippen LogP contribution in [0.3, 0.4) is 0 Å². The zero-order valence-corrected chi connectivity index (χ0v) is 7.12. The van der Waals surface area contributed by atoms with Gasteiger partial charge in [0.15, 0.2) is 0 Å². The lowest BCUT2D eigenvalue weighted by Gasteiger charge is -2.01. The summed E-state index contributed by atoms with van der Waals surface area (Å²) >= 11 is 0. The number of benzene rings is 2. The normalized spacial score (nSPS) is 9.77. The molecule has 0 bridgehead atoms. The Bertz CT molecular complexity index is 492. The number of fused-ring (bicyclic) bond motifs is 1. The van der Waals surface area contributed by atoms with Gasteiger partial charge in [0.2, 0.25) is 0 Å². The highest BCUT2D eigenvalue weighted by molar-refractivity contribution is 5.90. The Balaban J connectivity index is 2.89. The summed E-state index contributed by atoms with van der Waals surface area (Å²) in [6.45, 7) is 0. The van der Waals surface area contributed by atoms with Crippen LogP contribution in [0.4, 0.5) is 5.69 Å². The van der Waals surface area contributed by atoms with Gasteiger partial charge in [-0.3, -0.25) is 0 Å². The molecule has 2 rings (SSSR count). The van der Waals surface area contributed by atoms with Gasteiger partial charge in [-0.25, -0.2) is 0 Å². The molecule has 0 unspecified atom stereocenters. The molecule has 2 N–H and O–H groups in total. The highest BCUT2D eigenvalue weighted by Crippen LogP contribution is 2.20. The summed E-state index contributed by atoms with van der Waals surface area (Å²) in [6, 6.07) is 11.7. The molecule has 0 aliphatic carbocycles. The SMILES string of the molecule is C#Cc1cccc2ccc(N)cc12. The van der Waals surface area contributed by atoms with Crippen LogP contribution in [0.1, 0.15) is 5.56 Å². The van der Waals surface area contributed by atoms with Crippen molar-refractivity contribution in [2.24, 2.45) is 0 Å². The summed E-state index contributed by atoms with van der Waals surface area (Å²) in [6.07, 6.45) is 5.38.